The number of rotatable bonds is 3. The van der Waals surface area contributed by atoms with Crippen molar-refractivity contribution in [3.8, 4) is 0 Å². The molecule has 1 aromatic heterocycles. The van der Waals surface area contributed by atoms with Crippen molar-refractivity contribution in [2.75, 3.05) is 7.05 Å². The monoisotopic (exact) mass is 328 g/mol. The first-order chi connectivity index (χ1) is 9.40. The minimum atomic E-state index is -0.876. The van der Waals surface area contributed by atoms with Crippen LogP contribution in [0.1, 0.15) is 24.4 Å². The molecule has 2 atom stereocenters. The molecule has 3 nitrogen and oxygen atoms in total. The van der Waals surface area contributed by atoms with Gasteiger partial charge in [-0.15, -0.1) is 34.5 Å². The summed E-state index contributed by atoms with van der Waals surface area (Å²) < 4.78 is 0.254. The molecule has 0 aliphatic heterocycles. The number of fused-ring (bicyclic) bond motifs is 1. The molecular weight excluding hydrogens is 315 g/mol. The van der Waals surface area contributed by atoms with Crippen LogP contribution in [0.3, 0.4) is 0 Å². The van der Waals surface area contributed by atoms with Gasteiger partial charge in [0, 0.05) is 7.05 Å². The third kappa shape index (κ3) is 2.41. The molecule has 20 heavy (non-hydrogen) atoms. The van der Waals surface area contributed by atoms with Crippen LogP contribution in [0.25, 0.3) is 10.2 Å². The Morgan fingerprint density at radius 3 is 2.75 bits per heavy atom. The van der Waals surface area contributed by atoms with Crippen LogP contribution >= 0.6 is 34.5 Å². The minimum Gasteiger partial charge on any atom is -0.336 e. The van der Waals surface area contributed by atoms with Gasteiger partial charge in [0.25, 0.3) is 0 Å². The number of alkyl halides is 2. The highest BCUT2D eigenvalue weighted by Gasteiger charge is 2.57. The average Bonchev–Trinajstić information content (AvgIpc) is 2.88. The van der Waals surface area contributed by atoms with Crippen LogP contribution in [0.15, 0.2) is 24.3 Å². The van der Waals surface area contributed by atoms with E-state index in [4.69, 9.17) is 23.2 Å². The number of benzene rings is 1. The Balaban J connectivity index is 1.81. The van der Waals surface area contributed by atoms with Crippen LogP contribution in [0.2, 0.25) is 0 Å². The third-order valence-electron chi connectivity index (χ3n) is 3.72. The van der Waals surface area contributed by atoms with Gasteiger partial charge < -0.3 is 4.90 Å². The van der Waals surface area contributed by atoms with E-state index in [0.717, 1.165) is 15.2 Å². The lowest BCUT2D eigenvalue weighted by atomic mass is 10.2. The maximum Gasteiger partial charge on any atom is 0.229 e. The van der Waals surface area contributed by atoms with Crippen LogP contribution < -0.4 is 0 Å². The van der Waals surface area contributed by atoms with Crippen molar-refractivity contribution in [2.24, 2.45) is 5.92 Å². The molecule has 1 fully saturated rings. The number of para-hydroxylation sites is 1. The topological polar surface area (TPSA) is 33.2 Å². The maximum absolute atomic E-state index is 12.3. The molecule has 0 N–H and O–H groups in total. The van der Waals surface area contributed by atoms with E-state index >= 15 is 0 Å². The molecule has 0 radical (unpaired) electrons. The van der Waals surface area contributed by atoms with Gasteiger partial charge in [-0.05, 0) is 25.5 Å². The molecular formula is C14H14Cl2N2OS. The Hall–Kier alpha value is -0.840. The molecule has 1 heterocycles. The summed E-state index contributed by atoms with van der Waals surface area (Å²) in [6, 6.07) is 7.89. The number of carbonyl (C=O) groups excluding carboxylic acids is 1. The first-order valence-corrected chi connectivity index (χ1v) is 7.97. The number of aromatic nitrogens is 1. The molecule has 2 aromatic rings. The summed E-state index contributed by atoms with van der Waals surface area (Å²) in [6.45, 7) is 1.97. The predicted octanol–water partition coefficient (Wildman–Crippen LogP) is 4.01. The number of nitrogens with zero attached hydrogens (tertiary/aromatic N) is 2. The Labute approximate surface area is 131 Å². The van der Waals surface area contributed by atoms with Gasteiger partial charge in [-0.3, -0.25) is 4.79 Å². The van der Waals surface area contributed by atoms with Gasteiger partial charge in [0.1, 0.15) is 9.34 Å². The van der Waals surface area contributed by atoms with E-state index in [0.29, 0.717) is 6.42 Å². The zero-order valence-corrected chi connectivity index (χ0v) is 13.5. The molecule has 2 unspecified atom stereocenters. The highest BCUT2D eigenvalue weighted by Crippen LogP contribution is 2.54. The second-order valence-electron chi connectivity index (χ2n) is 5.16. The molecule has 0 saturated heterocycles. The Morgan fingerprint density at radius 1 is 1.50 bits per heavy atom. The molecule has 3 rings (SSSR count). The van der Waals surface area contributed by atoms with E-state index in [2.05, 4.69) is 4.98 Å². The standard InChI is InChI=1S/C14H14Cl2N2OS/c1-8(18(2)13(19)9-7-14(9,15)16)12-17-10-5-3-4-6-11(10)20-12/h3-6,8-9H,7H2,1-2H3. The summed E-state index contributed by atoms with van der Waals surface area (Å²) in [5, 5.41) is 0.928. The number of thiazole rings is 1. The van der Waals surface area contributed by atoms with Gasteiger partial charge in [-0.1, -0.05) is 12.1 Å². The van der Waals surface area contributed by atoms with Crippen molar-refractivity contribution < 1.29 is 4.79 Å². The van der Waals surface area contributed by atoms with E-state index in [9.17, 15) is 4.79 Å². The Morgan fingerprint density at radius 2 is 2.15 bits per heavy atom. The van der Waals surface area contributed by atoms with Crippen LogP contribution in [-0.2, 0) is 4.79 Å². The summed E-state index contributed by atoms with van der Waals surface area (Å²) in [6.07, 6.45) is 0.534. The van der Waals surface area contributed by atoms with Crippen molar-refractivity contribution in [3.05, 3.63) is 29.3 Å². The van der Waals surface area contributed by atoms with Crippen LogP contribution in [0, 0.1) is 5.92 Å². The van der Waals surface area contributed by atoms with Crippen molar-refractivity contribution in [2.45, 2.75) is 23.7 Å². The second kappa shape index (κ2) is 4.86. The van der Waals surface area contributed by atoms with E-state index in [-0.39, 0.29) is 17.9 Å². The van der Waals surface area contributed by atoms with Gasteiger partial charge in [0.15, 0.2) is 0 Å². The Kier molecular flexibility index (Phi) is 3.43. The van der Waals surface area contributed by atoms with E-state index in [1.54, 1.807) is 23.3 Å². The molecule has 6 heteroatoms. The van der Waals surface area contributed by atoms with Crippen molar-refractivity contribution >= 4 is 50.7 Å². The molecule has 1 aliphatic rings. The Bertz CT molecular complexity index is 637. The lowest BCUT2D eigenvalue weighted by Crippen LogP contribution is -2.32. The lowest BCUT2D eigenvalue weighted by molar-refractivity contribution is -0.133. The fourth-order valence-corrected chi connectivity index (χ4v) is 3.71. The highest BCUT2D eigenvalue weighted by molar-refractivity contribution is 7.18. The molecule has 0 bridgehead atoms. The van der Waals surface area contributed by atoms with Gasteiger partial charge in [-0.2, -0.15) is 0 Å². The SMILES string of the molecule is CC(c1nc2ccccc2s1)N(C)C(=O)C1CC1(Cl)Cl. The minimum absolute atomic E-state index is 0.0123. The van der Waals surface area contributed by atoms with Gasteiger partial charge in [-0.25, -0.2) is 4.98 Å². The zero-order valence-electron chi connectivity index (χ0n) is 11.1. The molecule has 0 spiro atoms. The first kappa shape index (κ1) is 14.1. The molecule has 1 amide bonds. The molecule has 106 valence electrons. The van der Waals surface area contributed by atoms with Gasteiger partial charge in [0.05, 0.1) is 22.2 Å². The molecule has 1 aliphatic carbocycles. The second-order valence-corrected chi connectivity index (χ2v) is 7.77. The maximum atomic E-state index is 12.3. The number of carbonyl (C=O) groups is 1. The van der Waals surface area contributed by atoms with E-state index in [1.165, 1.54) is 0 Å². The first-order valence-electron chi connectivity index (χ1n) is 6.40. The number of hydrogen-bond donors (Lipinski definition) is 0. The third-order valence-corrected chi connectivity index (χ3v) is 5.76. The molecule has 1 saturated carbocycles. The summed E-state index contributed by atoms with van der Waals surface area (Å²) in [5.41, 5.74) is 0.968. The molecule has 1 aromatic carbocycles. The van der Waals surface area contributed by atoms with E-state index in [1.807, 2.05) is 31.2 Å². The van der Waals surface area contributed by atoms with Crippen LogP contribution in [0.5, 0.6) is 0 Å². The van der Waals surface area contributed by atoms with Gasteiger partial charge in [0.2, 0.25) is 5.91 Å². The number of amides is 1. The summed E-state index contributed by atoms with van der Waals surface area (Å²) in [7, 11) is 1.78. The van der Waals surface area contributed by atoms with Crippen LogP contribution in [0.4, 0.5) is 0 Å². The van der Waals surface area contributed by atoms with E-state index < -0.39 is 4.33 Å². The average molecular weight is 329 g/mol. The predicted molar refractivity (Wildman–Crippen MR) is 83.3 cm³/mol. The fraction of sp³-hybridized carbons (Fsp3) is 0.429. The van der Waals surface area contributed by atoms with Crippen LogP contribution in [-0.4, -0.2) is 27.2 Å². The normalized spacial score (nSPS) is 21.7. The quantitative estimate of drug-likeness (QED) is 0.797. The van der Waals surface area contributed by atoms with Crippen molar-refractivity contribution in [3.63, 3.8) is 0 Å². The van der Waals surface area contributed by atoms with Gasteiger partial charge >= 0.3 is 0 Å². The lowest BCUT2D eigenvalue weighted by Gasteiger charge is -2.23. The number of halogens is 2. The largest absolute Gasteiger partial charge is 0.336 e. The summed E-state index contributed by atoms with van der Waals surface area (Å²) >= 11 is 13.5. The summed E-state index contributed by atoms with van der Waals surface area (Å²) in [4.78, 5) is 18.6. The number of hydrogen-bond acceptors (Lipinski definition) is 3. The highest BCUT2D eigenvalue weighted by atomic mass is 35.5. The smallest absolute Gasteiger partial charge is 0.229 e. The fourth-order valence-electron chi connectivity index (χ4n) is 2.15. The van der Waals surface area contributed by atoms with Crippen molar-refractivity contribution in [1.29, 1.82) is 0 Å². The zero-order chi connectivity index (χ0) is 14.5. The van der Waals surface area contributed by atoms with Crippen molar-refractivity contribution in [1.82, 2.24) is 9.88 Å². The summed E-state index contributed by atoms with van der Waals surface area (Å²) in [5.74, 6) is -0.297.